The van der Waals surface area contributed by atoms with Crippen LogP contribution in [0.25, 0.3) is 0 Å². The third-order valence-corrected chi connectivity index (χ3v) is 4.30. The Labute approximate surface area is 110 Å². The van der Waals surface area contributed by atoms with Gasteiger partial charge in [-0.25, -0.2) is 0 Å². The molecule has 1 aliphatic heterocycles. The number of nitrogens with two attached hydrogens (primary N) is 1. The zero-order valence-corrected chi connectivity index (χ0v) is 10.8. The number of nitrogens with zero attached hydrogens (tertiary/aromatic N) is 2. The Hall–Kier alpha value is -1.33. The number of aryl methyl sites for hydroxylation is 1. The van der Waals surface area contributed by atoms with Gasteiger partial charge in [-0.2, -0.15) is 0 Å². The molecule has 94 valence electrons. The van der Waals surface area contributed by atoms with Gasteiger partial charge in [0.2, 0.25) is 11.8 Å². The SMILES string of the molecule is NCCCc1nnc(C2Cc3ccccc3S2)o1. The molecule has 2 aromatic rings. The summed E-state index contributed by atoms with van der Waals surface area (Å²) in [5.41, 5.74) is 6.84. The summed E-state index contributed by atoms with van der Waals surface area (Å²) in [6, 6.07) is 8.44. The predicted molar refractivity (Wildman–Crippen MR) is 70.4 cm³/mol. The van der Waals surface area contributed by atoms with Gasteiger partial charge in [0.15, 0.2) is 0 Å². The molecule has 1 aliphatic rings. The number of hydrogen-bond donors (Lipinski definition) is 1. The Kier molecular flexibility index (Phi) is 3.34. The lowest BCUT2D eigenvalue weighted by Crippen LogP contribution is -2.00. The molecule has 0 bridgehead atoms. The Bertz CT molecular complexity index is 516. The van der Waals surface area contributed by atoms with E-state index in [0.29, 0.717) is 12.4 Å². The van der Waals surface area contributed by atoms with Crippen LogP contribution < -0.4 is 5.73 Å². The number of fused-ring (bicyclic) bond motifs is 1. The molecule has 1 unspecified atom stereocenters. The number of aromatic nitrogens is 2. The van der Waals surface area contributed by atoms with Gasteiger partial charge in [-0.1, -0.05) is 18.2 Å². The summed E-state index contributed by atoms with van der Waals surface area (Å²) in [5, 5.41) is 8.50. The zero-order chi connectivity index (χ0) is 12.4. The first-order valence-electron chi connectivity index (χ1n) is 6.13. The second-order valence-corrected chi connectivity index (χ2v) is 5.59. The molecule has 0 radical (unpaired) electrons. The minimum Gasteiger partial charge on any atom is -0.424 e. The fourth-order valence-electron chi connectivity index (χ4n) is 2.07. The molecule has 5 heteroatoms. The third kappa shape index (κ3) is 2.28. The largest absolute Gasteiger partial charge is 0.424 e. The highest BCUT2D eigenvalue weighted by atomic mass is 32.2. The lowest BCUT2D eigenvalue weighted by molar-refractivity contribution is 0.443. The molecule has 3 rings (SSSR count). The smallest absolute Gasteiger partial charge is 0.230 e. The van der Waals surface area contributed by atoms with Gasteiger partial charge in [-0.15, -0.1) is 22.0 Å². The highest BCUT2D eigenvalue weighted by molar-refractivity contribution is 7.99. The average molecular weight is 261 g/mol. The molecule has 2 heterocycles. The van der Waals surface area contributed by atoms with Crippen LogP contribution in [0.4, 0.5) is 0 Å². The highest BCUT2D eigenvalue weighted by Gasteiger charge is 2.27. The monoisotopic (exact) mass is 261 g/mol. The molecular weight excluding hydrogens is 246 g/mol. The minimum atomic E-state index is 0.265. The maximum atomic E-state index is 5.70. The van der Waals surface area contributed by atoms with E-state index >= 15 is 0 Å². The van der Waals surface area contributed by atoms with Crippen LogP contribution in [-0.2, 0) is 12.8 Å². The van der Waals surface area contributed by atoms with E-state index in [1.165, 1.54) is 10.5 Å². The first-order chi connectivity index (χ1) is 8.86. The lowest BCUT2D eigenvalue weighted by atomic mass is 10.1. The quantitative estimate of drug-likeness (QED) is 0.915. The molecule has 0 saturated heterocycles. The fourth-order valence-corrected chi connectivity index (χ4v) is 3.30. The Morgan fingerprint density at radius 1 is 1.33 bits per heavy atom. The molecule has 0 amide bonds. The summed E-state index contributed by atoms with van der Waals surface area (Å²) in [6.07, 6.45) is 2.63. The van der Waals surface area contributed by atoms with E-state index < -0.39 is 0 Å². The van der Waals surface area contributed by atoms with Gasteiger partial charge >= 0.3 is 0 Å². The Balaban J connectivity index is 1.72. The molecule has 2 N–H and O–H groups in total. The van der Waals surface area contributed by atoms with Crippen molar-refractivity contribution in [3.8, 4) is 0 Å². The zero-order valence-electron chi connectivity index (χ0n) is 10.0. The van der Waals surface area contributed by atoms with Crippen LogP contribution in [0.5, 0.6) is 0 Å². The molecule has 0 spiro atoms. The van der Waals surface area contributed by atoms with Crippen molar-refractivity contribution in [3.05, 3.63) is 41.6 Å². The predicted octanol–water partition coefficient (Wildman–Crippen LogP) is 2.35. The highest BCUT2D eigenvalue weighted by Crippen LogP contribution is 2.45. The van der Waals surface area contributed by atoms with Crippen molar-refractivity contribution < 1.29 is 4.42 Å². The fraction of sp³-hybridized carbons (Fsp3) is 0.385. The van der Waals surface area contributed by atoms with Crippen LogP contribution in [0.3, 0.4) is 0 Å². The van der Waals surface area contributed by atoms with Crippen LogP contribution in [0.15, 0.2) is 33.6 Å². The van der Waals surface area contributed by atoms with E-state index in [0.717, 1.165) is 25.2 Å². The first kappa shape index (κ1) is 11.7. The van der Waals surface area contributed by atoms with Crippen molar-refractivity contribution in [1.82, 2.24) is 10.2 Å². The maximum absolute atomic E-state index is 5.70. The average Bonchev–Trinajstić information content (AvgIpc) is 3.02. The third-order valence-electron chi connectivity index (χ3n) is 3.00. The van der Waals surface area contributed by atoms with E-state index in [1.54, 1.807) is 11.8 Å². The van der Waals surface area contributed by atoms with Gasteiger partial charge in [-0.05, 0) is 31.0 Å². The summed E-state index contributed by atoms with van der Waals surface area (Å²) in [4.78, 5) is 1.32. The lowest BCUT2D eigenvalue weighted by Gasteiger charge is -2.00. The molecule has 18 heavy (non-hydrogen) atoms. The van der Waals surface area contributed by atoms with Crippen molar-refractivity contribution >= 4 is 11.8 Å². The number of thioether (sulfide) groups is 1. The van der Waals surface area contributed by atoms with Crippen LogP contribution in [0.1, 0.15) is 29.0 Å². The standard InChI is InChI=1S/C13H15N3OS/c14-7-3-6-12-15-16-13(17-12)11-8-9-4-1-2-5-10(9)18-11/h1-2,4-5,11H,3,6-8,14H2. The second kappa shape index (κ2) is 5.12. The van der Waals surface area contributed by atoms with Gasteiger partial charge < -0.3 is 10.2 Å². The molecule has 0 saturated carbocycles. The number of benzene rings is 1. The van der Waals surface area contributed by atoms with E-state index in [-0.39, 0.29) is 5.25 Å². The van der Waals surface area contributed by atoms with E-state index in [4.69, 9.17) is 10.2 Å². The van der Waals surface area contributed by atoms with Gasteiger partial charge in [0, 0.05) is 11.3 Å². The molecule has 4 nitrogen and oxygen atoms in total. The molecule has 1 aromatic carbocycles. The van der Waals surface area contributed by atoms with Gasteiger partial charge in [0.25, 0.3) is 0 Å². The first-order valence-corrected chi connectivity index (χ1v) is 7.01. The van der Waals surface area contributed by atoms with Gasteiger partial charge in [-0.3, -0.25) is 0 Å². The van der Waals surface area contributed by atoms with Crippen LogP contribution >= 0.6 is 11.8 Å². The van der Waals surface area contributed by atoms with Crippen molar-refractivity contribution in [2.45, 2.75) is 29.4 Å². The minimum absolute atomic E-state index is 0.265. The van der Waals surface area contributed by atoms with Crippen LogP contribution in [-0.4, -0.2) is 16.7 Å². The van der Waals surface area contributed by atoms with Gasteiger partial charge in [0.05, 0.1) is 5.25 Å². The topological polar surface area (TPSA) is 64.9 Å². The van der Waals surface area contributed by atoms with Crippen molar-refractivity contribution in [1.29, 1.82) is 0 Å². The Morgan fingerprint density at radius 2 is 2.22 bits per heavy atom. The van der Waals surface area contributed by atoms with E-state index in [9.17, 15) is 0 Å². The second-order valence-electron chi connectivity index (χ2n) is 4.34. The normalized spacial score (nSPS) is 17.9. The molecule has 0 fully saturated rings. The molecular formula is C13H15N3OS. The molecule has 1 aromatic heterocycles. The van der Waals surface area contributed by atoms with Crippen molar-refractivity contribution in [2.75, 3.05) is 6.54 Å². The van der Waals surface area contributed by atoms with E-state index in [1.807, 2.05) is 0 Å². The summed E-state index contributed by atoms with van der Waals surface area (Å²) in [5.74, 6) is 1.44. The van der Waals surface area contributed by atoms with Crippen LogP contribution in [0, 0.1) is 0 Å². The number of hydrogen-bond acceptors (Lipinski definition) is 5. The van der Waals surface area contributed by atoms with Crippen molar-refractivity contribution in [2.24, 2.45) is 5.73 Å². The molecule has 1 atom stereocenters. The summed E-state index contributed by atoms with van der Waals surface area (Å²) >= 11 is 1.81. The van der Waals surface area contributed by atoms with Crippen LogP contribution in [0.2, 0.25) is 0 Å². The van der Waals surface area contributed by atoms with Crippen molar-refractivity contribution in [3.63, 3.8) is 0 Å². The van der Waals surface area contributed by atoms with E-state index in [2.05, 4.69) is 34.5 Å². The van der Waals surface area contributed by atoms with Gasteiger partial charge in [0.1, 0.15) is 0 Å². The molecule has 0 aliphatic carbocycles. The summed E-state index contributed by atoms with van der Waals surface area (Å²) < 4.78 is 5.70. The summed E-state index contributed by atoms with van der Waals surface area (Å²) in [7, 11) is 0. The maximum Gasteiger partial charge on any atom is 0.230 e. The number of rotatable bonds is 4. The summed E-state index contributed by atoms with van der Waals surface area (Å²) in [6.45, 7) is 0.654. The Morgan fingerprint density at radius 3 is 3.06 bits per heavy atom.